The van der Waals surface area contributed by atoms with Crippen molar-refractivity contribution in [2.45, 2.75) is 6.18 Å². The summed E-state index contributed by atoms with van der Waals surface area (Å²) in [4.78, 5) is 7.73. The third kappa shape index (κ3) is 3.19. The Morgan fingerprint density at radius 2 is 1.91 bits per heavy atom. The molecule has 0 aliphatic carbocycles. The van der Waals surface area contributed by atoms with E-state index in [1.54, 1.807) is 12.1 Å². The van der Waals surface area contributed by atoms with Gasteiger partial charge in [0.1, 0.15) is 11.4 Å². The quantitative estimate of drug-likeness (QED) is 0.712. The molecular formula is C14H7BrF3N3O2. The van der Waals surface area contributed by atoms with Gasteiger partial charge in [0, 0.05) is 10.7 Å². The highest BCUT2D eigenvalue weighted by Gasteiger charge is 2.30. The van der Waals surface area contributed by atoms with Crippen LogP contribution in [0, 0.1) is 0 Å². The molecule has 0 aliphatic heterocycles. The van der Waals surface area contributed by atoms with Crippen molar-refractivity contribution in [2.24, 2.45) is 0 Å². The van der Waals surface area contributed by atoms with Crippen molar-refractivity contribution in [1.29, 1.82) is 0 Å². The van der Waals surface area contributed by atoms with E-state index >= 15 is 0 Å². The van der Waals surface area contributed by atoms with Crippen molar-refractivity contribution in [2.75, 3.05) is 0 Å². The highest BCUT2D eigenvalue weighted by Crippen LogP contribution is 2.32. The predicted molar refractivity (Wildman–Crippen MR) is 77.3 cm³/mol. The van der Waals surface area contributed by atoms with E-state index in [9.17, 15) is 18.3 Å². The molecule has 0 amide bonds. The first kappa shape index (κ1) is 15.5. The van der Waals surface area contributed by atoms with Crippen LogP contribution < -0.4 is 0 Å². The van der Waals surface area contributed by atoms with Crippen LogP contribution in [-0.2, 0) is 6.18 Å². The molecule has 0 unspecified atom stereocenters. The fourth-order valence-electron chi connectivity index (χ4n) is 1.81. The van der Waals surface area contributed by atoms with Crippen LogP contribution in [0.25, 0.3) is 23.0 Å². The third-order valence-corrected chi connectivity index (χ3v) is 3.43. The number of pyridine rings is 1. The number of phenolic OH excluding ortho intramolecular Hbond substituents is 1. The number of alkyl halides is 3. The minimum atomic E-state index is -4.46. The number of aromatic nitrogens is 3. The molecule has 0 radical (unpaired) electrons. The second-order valence-electron chi connectivity index (χ2n) is 4.51. The second kappa shape index (κ2) is 5.65. The second-order valence-corrected chi connectivity index (χ2v) is 5.43. The summed E-state index contributed by atoms with van der Waals surface area (Å²) in [7, 11) is 0. The van der Waals surface area contributed by atoms with Gasteiger partial charge in [-0.15, -0.1) is 0 Å². The topological polar surface area (TPSA) is 72.0 Å². The summed E-state index contributed by atoms with van der Waals surface area (Å²) >= 11 is 3.25. The molecule has 2 aromatic heterocycles. The molecule has 0 bridgehead atoms. The van der Waals surface area contributed by atoms with Crippen LogP contribution in [-0.4, -0.2) is 20.2 Å². The number of phenols is 1. The molecule has 0 atom stereocenters. The van der Waals surface area contributed by atoms with Gasteiger partial charge < -0.3 is 9.63 Å². The number of halogens is 4. The Kier molecular flexibility index (Phi) is 3.80. The molecule has 9 heteroatoms. The van der Waals surface area contributed by atoms with Gasteiger partial charge in [-0.05, 0) is 30.3 Å². The van der Waals surface area contributed by atoms with Crippen molar-refractivity contribution in [1.82, 2.24) is 15.1 Å². The number of hydrogen-bond acceptors (Lipinski definition) is 5. The van der Waals surface area contributed by atoms with Crippen molar-refractivity contribution in [3.05, 3.63) is 46.6 Å². The molecule has 3 rings (SSSR count). The van der Waals surface area contributed by atoms with Gasteiger partial charge in [-0.3, -0.25) is 4.98 Å². The van der Waals surface area contributed by atoms with Crippen molar-refractivity contribution >= 4 is 15.9 Å². The molecular weight excluding hydrogens is 379 g/mol. The maximum absolute atomic E-state index is 12.5. The lowest BCUT2D eigenvalue weighted by atomic mass is 10.2. The largest absolute Gasteiger partial charge is 0.507 e. The summed E-state index contributed by atoms with van der Waals surface area (Å²) in [6.07, 6.45) is -3.77. The summed E-state index contributed by atoms with van der Waals surface area (Å²) in [5.74, 6) is -0.0163. The van der Waals surface area contributed by atoms with Crippen LogP contribution in [0.15, 0.2) is 45.5 Å². The van der Waals surface area contributed by atoms with Gasteiger partial charge in [0.15, 0.2) is 0 Å². The number of benzene rings is 1. The summed E-state index contributed by atoms with van der Waals surface area (Å²) in [6.45, 7) is 0. The van der Waals surface area contributed by atoms with Gasteiger partial charge in [0.2, 0.25) is 5.82 Å². The maximum Gasteiger partial charge on any atom is 0.417 e. The van der Waals surface area contributed by atoms with Gasteiger partial charge in [-0.2, -0.15) is 18.2 Å². The SMILES string of the molecule is Oc1ccc(Br)cc1-c1nc(-c2ccc(C(F)(F)F)cn2)no1. The van der Waals surface area contributed by atoms with Gasteiger partial charge in [0.05, 0.1) is 11.1 Å². The first-order valence-electron chi connectivity index (χ1n) is 6.21. The molecule has 3 aromatic rings. The van der Waals surface area contributed by atoms with Crippen LogP contribution in [0.4, 0.5) is 13.2 Å². The number of rotatable bonds is 2. The van der Waals surface area contributed by atoms with E-state index in [4.69, 9.17) is 4.52 Å². The molecule has 1 N–H and O–H groups in total. The Labute approximate surface area is 135 Å². The average Bonchev–Trinajstić information content (AvgIpc) is 2.99. The maximum atomic E-state index is 12.5. The van der Waals surface area contributed by atoms with Crippen LogP contribution in [0.1, 0.15) is 5.56 Å². The van der Waals surface area contributed by atoms with Crippen LogP contribution >= 0.6 is 15.9 Å². The van der Waals surface area contributed by atoms with Crippen LogP contribution in [0.3, 0.4) is 0 Å². The van der Waals surface area contributed by atoms with Gasteiger partial charge >= 0.3 is 6.18 Å². The molecule has 0 fully saturated rings. The molecule has 23 heavy (non-hydrogen) atoms. The van der Waals surface area contributed by atoms with E-state index in [1.807, 2.05) is 0 Å². The zero-order valence-electron chi connectivity index (χ0n) is 11.2. The Balaban J connectivity index is 1.94. The Morgan fingerprint density at radius 3 is 2.57 bits per heavy atom. The number of hydrogen-bond donors (Lipinski definition) is 1. The molecule has 0 saturated heterocycles. The molecule has 0 saturated carbocycles. The first-order chi connectivity index (χ1) is 10.8. The molecule has 118 valence electrons. The Morgan fingerprint density at radius 1 is 1.13 bits per heavy atom. The van der Waals surface area contributed by atoms with E-state index < -0.39 is 11.7 Å². The average molecular weight is 386 g/mol. The minimum Gasteiger partial charge on any atom is -0.507 e. The summed E-state index contributed by atoms with van der Waals surface area (Å²) < 4.78 is 43.2. The smallest absolute Gasteiger partial charge is 0.417 e. The summed E-state index contributed by atoms with van der Waals surface area (Å²) in [5, 5.41) is 13.5. The fourth-order valence-corrected chi connectivity index (χ4v) is 2.17. The monoisotopic (exact) mass is 385 g/mol. The van der Waals surface area contributed by atoms with Crippen LogP contribution in [0.2, 0.25) is 0 Å². The minimum absolute atomic E-state index is 0.0214. The van der Waals surface area contributed by atoms with E-state index in [-0.39, 0.29) is 23.2 Å². The Bertz CT molecular complexity index is 847. The van der Waals surface area contributed by atoms with E-state index in [2.05, 4.69) is 31.1 Å². The summed E-state index contributed by atoms with van der Waals surface area (Å²) in [5.41, 5.74) is -0.442. The standard InChI is InChI=1S/C14H7BrF3N3O2/c15-8-2-4-11(22)9(5-8)13-20-12(21-23-13)10-3-1-7(6-19-10)14(16,17)18/h1-6,22H. The fraction of sp³-hybridized carbons (Fsp3) is 0.0714. The van der Waals surface area contributed by atoms with Crippen molar-refractivity contribution in [3.63, 3.8) is 0 Å². The predicted octanol–water partition coefficient (Wildman–Crippen LogP) is 4.29. The highest BCUT2D eigenvalue weighted by molar-refractivity contribution is 9.10. The van der Waals surface area contributed by atoms with E-state index in [0.717, 1.165) is 12.1 Å². The van der Waals surface area contributed by atoms with Crippen molar-refractivity contribution < 1.29 is 22.8 Å². The molecule has 2 heterocycles. The Hall–Kier alpha value is -2.42. The first-order valence-corrected chi connectivity index (χ1v) is 7.00. The van der Waals surface area contributed by atoms with E-state index in [1.165, 1.54) is 6.07 Å². The lowest BCUT2D eigenvalue weighted by molar-refractivity contribution is -0.137. The van der Waals surface area contributed by atoms with E-state index in [0.29, 0.717) is 16.2 Å². The zero-order valence-corrected chi connectivity index (χ0v) is 12.8. The molecule has 0 spiro atoms. The number of nitrogens with zero attached hydrogens (tertiary/aromatic N) is 3. The van der Waals surface area contributed by atoms with Gasteiger partial charge in [0.25, 0.3) is 5.89 Å². The zero-order chi connectivity index (χ0) is 16.6. The van der Waals surface area contributed by atoms with Gasteiger partial charge in [-0.25, -0.2) is 0 Å². The van der Waals surface area contributed by atoms with Crippen LogP contribution in [0.5, 0.6) is 5.75 Å². The summed E-state index contributed by atoms with van der Waals surface area (Å²) in [6, 6.07) is 6.69. The lowest BCUT2D eigenvalue weighted by Gasteiger charge is -2.05. The van der Waals surface area contributed by atoms with Crippen molar-refractivity contribution in [3.8, 4) is 28.7 Å². The third-order valence-electron chi connectivity index (χ3n) is 2.93. The number of aromatic hydroxyl groups is 1. The normalized spacial score (nSPS) is 11.7. The lowest BCUT2D eigenvalue weighted by Crippen LogP contribution is -2.05. The molecule has 5 nitrogen and oxygen atoms in total. The van der Waals surface area contributed by atoms with Gasteiger partial charge in [-0.1, -0.05) is 21.1 Å². The molecule has 0 aliphatic rings. The molecule has 1 aromatic carbocycles. The highest BCUT2D eigenvalue weighted by atomic mass is 79.9.